The summed E-state index contributed by atoms with van der Waals surface area (Å²) in [6.45, 7) is 0.710. The molecule has 0 aromatic heterocycles. The molecule has 5 nitrogen and oxygen atoms in total. The zero-order valence-electron chi connectivity index (χ0n) is 15.7. The second-order valence-electron chi connectivity index (χ2n) is 7.63. The van der Waals surface area contributed by atoms with E-state index < -0.39 is 0 Å². The van der Waals surface area contributed by atoms with E-state index in [0.29, 0.717) is 19.1 Å². The van der Waals surface area contributed by atoms with Gasteiger partial charge in [0, 0.05) is 12.3 Å². The fraction of sp³-hybridized carbons (Fsp3) is 0.524. The van der Waals surface area contributed by atoms with Crippen LogP contribution < -0.4 is 9.64 Å². The first kappa shape index (κ1) is 18.4. The highest BCUT2D eigenvalue weighted by molar-refractivity contribution is 8.02. The van der Waals surface area contributed by atoms with Gasteiger partial charge in [0.05, 0.1) is 24.8 Å². The Bertz CT molecular complexity index is 795. The number of quaternary nitrogens is 1. The lowest BCUT2D eigenvalue weighted by Gasteiger charge is -2.42. The fourth-order valence-corrected chi connectivity index (χ4v) is 5.86. The number of allylic oxidation sites excluding steroid dienone is 1. The topological polar surface area (TPSA) is 57.8 Å². The van der Waals surface area contributed by atoms with Gasteiger partial charge in [0.25, 0.3) is 0 Å². The first-order valence-corrected chi connectivity index (χ1v) is 10.8. The molecule has 1 aromatic carbocycles. The van der Waals surface area contributed by atoms with Crippen molar-refractivity contribution in [2.24, 2.45) is 0 Å². The minimum absolute atomic E-state index is 0.136. The largest absolute Gasteiger partial charge is 0.497 e. The van der Waals surface area contributed by atoms with Gasteiger partial charge in [0.15, 0.2) is 6.67 Å². The second-order valence-corrected chi connectivity index (χ2v) is 8.59. The molecule has 1 amide bonds. The summed E-state index contributed by atoms with van der Waals surface area (Å²) in [6, 6.07) is 10.8. The van der Waals surface area contributed by atoms with E-state index in [0.717, 1.165) is 27.8 Å². The van der Waals surface area contributed by atoms with Crippen molar-refractivity contribution in [2.45, 2.75) is 50.5 Å². The molecule has 2 heterocycles. The highest BCUT2D eigenvalue weighted by Gasteiger charge is 2.41. The van der Waals surface area contributed by atoms with Crippen molar-refractivity contribution >= 4 is 17.7 Å². The number of hydrogen-bond donors (Lipinski definition) is 1. The molecule has 3 aliphatic rings. The third-order valence-corrected chi connectivity index (χ3v) is 7.29. The number of benzene rings is 1. The van der Waals surface area contributed by atoms with Crippen LogP contribution in [0.2, 0.25) is 0 Å². The number of methoxy groups -OCH3 is 1. The molecule has 0 radical (unpaired) electrons. The van der Waals surface area contributed by atoms with Gasteiger partial charge in [-0.25, -0.2) is 0 Å². The minimum Gasteiger partial charge on any atom is -0.497 e. The number of amides is 1. The fourth-order valence-electron chi connectivity index (χ4n) is 4.55. The van der Waals surface area contributed by atoms with Crippen LogP contribution in [0.15, 0.2) is 34.9 Å². The van der Waals surface area contributed by atoms with Crippen molar-refractivity contribution in [3.63, 3.8) is 0 Å². The summed E-state index contributed by atoms with van der Waals surface area (Å²) in [4.78, 5) is 16.4. The SMILES string of the molecule is COc1cccc([C@@H]2CC(=O)N3C[NH+](C4CCCCC4)CSC3=C2C#N)c1. The van der Waals surface area contributed by atoms with Gasteiger partial charge in [-0.2, -0.15) is 5.26 Å². The molecular formula is C21H26N3O2S+. The maximum Gasteiger partial charge on any atom is 0.232 e. The van der Waals surface area contributed by atoms with Crippen LogP contribution in [-0.4, -0.2) is 36.5 Å². The third kappa shape index (κ3) is 3.59. The van der Waals surface area contributed by atoms with Crippen LogP contribution >= 0.6 is 11.8 Å². The molecule has 0 bridgehead atoms. The number of nitrogens with one attached hydrogen (secondary N) is 1. The highest BCUT2D eigenvalue weighted by Crippen LogP contribution is 2.41. The Morgan fingerprint density at radius 3 is 2.85 bits per heavy atom. The smallest absolute Gasteiger partial charge is 0.232 e. The Morgan fingerprint density at radius 2 is 2.11 bits per heavy atom. The van der Waals surface area contributed by atoms with E-state index in [9.17, 15) is 10.1 Å². The van der Waals surface area contributed by atoms with Gasteiger partial charge in [-0.1, -0.05) is 18.6 Å². The molecular weight excluding hydrogens is 358 g/mol. The number of hydrogen-bond acceptors (Lipinski definition) is 4. The maximum atomic E-state index is 13.0. The quantitative estimate of drug-likeness (QED) is 0.870. The van der Waals surface area contributed by atoms with Crippen LogP contribution in [0.25, 0.3) is 0 Å². The molecule has 27 heavy (non-hydrogen) atoms. The lowest BCUT2D eigenvalue weighted by Crippen LogP contribution is -3.17. The van der Waals surface area contributed by atoms with Gasteiger partial charge in [0.2, 0.25) is 5.91 Å². The molecule has 6 heteroatoms. The number of fused-ring (bicyclic) bond motifs is 1. The van der Waals surface area contributed by atoms with Crippen LogP contribution in [0.5, 0.6) is 5.75 Å². The summed E-state index contributed by atoms with van der Waals surface area (Å²) in [5, 5.41) is 10.8. The van der Waals surface area contributed by atoms with E-state index in [-0.39, 0.29) is 11.8 Å². The van der Waals surface area contributed by atoms with Crippen molar-refractivity contribution in [3.8, 4) is 11.8 Å². The molecule has 142 valence electrons. The molecule has 1 unspecified atom stereocenters. The number of nitriles is 1. The normalized spacial score (nSPS) is 26.5. The van der Waals surface area contributed by atoms with Crippen molar-refractivity contribution in [1.82, 2.24) is 4.90 Å². The average Bonchev–Trinajstić information content (AvgIpc) is 2.74. The van der Waals surface area contributed by atoms with E-state index in [2.05, 4.69) is 6.07 Å². The third-order valence-electron chi connectivity index (χ3n) is 6.06. The number of carbonyl (C=O) groups excluding carboxylic acids is 1. The average molecular weight is 385 g/mol. The van der Waals surface area contributed by atoms with Crippen molar-refractivity contribution in [2.75, 3.05) is 19.7 Å². The minimum atomic E-state index is -0.174. The Kier molecular flexibility index (Phi) is 5.42. The van der Waals surface area contributed by atoms with E-state index in [4.69, 9.17) is 4.74 Å². The van der Waals surface area contributed by atoms with Crippen LogP contribution in [-0.2, 0) is 4.79 Å². The zero-order chi connectivity index (χ0) is 18.8. The highest BCUT2D eigenvalue weighted by atomic mass is 32.2. The van der Waals surface area contributed by atoms with E-state index in [1.807, 2.05) is 29.2 Å². The van der Waals surface area contributed by atoms with Crippen molar-refractivity contribution in [3.05, 3.63) is 40.4 Å². The van der Waals surface area contributed by atoms with E-state index >= 15 is 0 Å². The van der Waals surface area contributed by atoms with E-state index in [1.54, 1.807) is 18.9 Å². The molecule has 1 aliphatic carbocycles. The first-order valence-electron chi connectivity index (χ1n) is 9.77. The Hall–Kier alpha value is -1.97. The van der Waals surface area contributed by atoms with Crippen LogP contribution in [0.3, 0.4) is 0 Å². The van der Waals surface area contributed by atoms with Gasteiger partial charge in [-0.15, -0.1) is 0 Å². The number of carbonyl (C=O) groups is 1. The molecule has 2 aliphatic heterocycles. The van der Waals surface area contributed by atoms with E-state index in [1.165, 1.54) is 37.0 Å². The van der Waals surface area contributed by atoms with Crippen molar-refractivity contribution < 1.29 is 14.4 Å². The number of ether oxygens (including phenoxy) is 1. The summed E-state index contributed by atoms with van der Waals surface area (Å²) >= 11 is 1.69. The van der Waals surface area contributed by atoms with Crippen molar-refractivity contribution in [1.29, 1.82) is 5.26 Å². The summed E-state index contributed by atoms with van der Waals surface area (Å²) in [5.41, 5.74) is 1.71. The van der Waals surface area contributed by atoms with Gasteiger partial charge in [-0.05, 0) is 55.1 Å². The predicted octanol–water partition coefficient (Wildman–Crippen LogP) is 2.63. The summed E-state index contributed by atoms with van der Waals surface area (Å²) in [6.07, 6.45) is 6.82. The molecule has 2 atom stereocenters. The summed E-state index contributed by atoms with van der Waals surface area (Å²) in [5.74, 6) is 1.67. The van der Waals surface area contributed by atoms with Gasteiger partial charge >= 0.3 is 0 Å². The molecule has 1 N–H and O–H groups in total. The van der Waals surface area contributed by atoms with Gasteiger partial charge in [0.1, 0.15) is 16.7 Å². The lowest BCUT2D eigenvalue weighted by atomic mass is 9.86. The molecule has 1 saturated carbocycles. The predicted molar refractivity (Wildman–Crippen MR) is 105 cm³/mol. The van der Waals surface area contributed by atoms with Crippen LogP contribution in [0.4, 0.5) is 0 Å². The molecule has 4 rings (SSSR count). The summed E-state index contributed by atoms with van der Waals surface area (Å²) < 4.78 is 5.33. The Balaban J connectivity index is 1.61. The van der Waals surface area contributed by atoms with Gasteiger partial charge in [-0.3, -0.25) is 9.69 Å². The zero-order valence-corrected chi connectivity index (χ0v) is 16.6. The first-order chi connectivity index (χ1) is 13.2. The second kappa shape index (κ2) is 7.95. The number of rotatable bonds is 3. The number of thioether (sulfide) groups is 1. The molecule has 1 aromatic rings. The molecule has 1 saturated heterocycles. The summed E-state index contributed by atoms with van der Waals surface area (Å²) in [7, 11) is 1.64. The molecule has 0 spiro atoms. The van der Waals surface area contributed by atoms with Gasteiger partial charge < -0.3 is 9.64 Å². The molecule has 2 fully saturated rings. The Labute approximate surface area is 165 Å². The Morgan fingerprint density at radius 1 is 1.30 bits per heavy atom. The van der Waals surface area contributed by atoms with Crippen LogP contribution in [0, 0.1) is 11.3 Å². The monoisotopic (exact) mass is 384 g/mol. The number of nitrogens with zero attached hydrogens (tertiary/aromatic N) is 2. The standard InChI is InChI=1S/C21H25N3O2S/c1-26-17-9-5-6-15(10-17)18-11-20(25)24-13-23(16-7-3-2-4-8-16)14-27-21(24)19(18)12-22/h5-6,9-10,16,18H,2-4,7-8,11,13-14H2,1H3/p+1/t18-/m0/s1. The van der Waals surface area contributed by atoms with Crippen LogP contribution in [0.1, 0.15) is 50.0 Å². The maximum absolute atomic E-state index is 13.0. The lowest BCUT2D eigenvalue weighted by molar-refractivity contribution is -0.923.